The lowest BCUT2D eigenvalue weighted by atomic mass is 9.88. The van der Waals surface area contributed by atoms with Crippen LogP contribution in [0, 0.1) is 5.92 Å². The third-order valence-electron chi connectivity index (χ3n) is 7.59. The van der Waals surface area contributed by atoms with Gasteiger partial charge >= 0.3 is 6.09 Å². The Balaban J connectivity index is 1.25. The van der Waals surface area contributed by atoms with Crippen molar-refractivity contribution in [3.05, 3.63) is 36.0 Å². The largest absolute Gasteiger partial charge is 0.464 e. The fourth-order valence-corrected chi connectivity index (χ4v) is 7.04. The number of nitrogens with one attached hydrogen (secondary N) is 1. The molecule has 3 heterocycles. The highest BCUT2D eigenvalue weighted by molar-refractivity contribution is 7.89. The Morgan fingerprint density at radius 3 is 2.59 bits per heavy atom. The van der Waals surface area contributed by atoms with Gasteiger partial charge in [0.25, 0.3) is 5.91 Å². The second-order valence-electron chi connectivity index (χ2n) is 9.60. The van der Waals surface area contributed by atoms with Crippen LogP contribution in [0.25, 0.3) is 10.9 Å². The minimum atomic E-state index is -3.53. The van der Waals surface area contributed by atoms with Gasteiger partial charge in [-0.25, -0.2) is 17.5 Å². The van der Waals surface area contributed by atoms with E-state index in [4.69, 9.17) is 4.99 Å². The maximum atomic E-state index is 13.1. The summed E-state index contributed by atoms with van der Waals surface area (Å²) >= 11 is 0. The topological polar surface area (TPSA) is 121 Å². The molecular formula is C24H30N4O5S. The van der Waals surface area contributed by atoms with Crippen LogP contribution in [0.1, 0.15) is 50.5 Å². The number of hydrogen-bond acceptors (Lipinski definition) is 5. The van der Waals surface area contributed by atoms with Crippen molar-refractivity contribution in [3.8, 4) is 0 Å². The van der Waals surface area contributed by atoms with Crippen LogP contribution in [-0.4, -0.2) is 64.6 Å². The lowest BCUT2D eigenvalue weighted by molar-refractivity contribution is -0.125. The predicted molar refractivity (Wildman–Crippen MR) is 129 cm³/mol. The van der Waals surface area contributed by atoms with Crippen LogP contribution in [0.4, 0.5) is 4.79 Å². The quantitative estimate of drug-likeness (QED) is 0.673. The van der Waals surface area contributed by atoms with Gasteiger partial charge in [-0.15, -0.1) is 0 Å². The van der Waals surface area contributed by atoms with Crippen molar-refractivity contribution in [2.45, 2.75) is 56.9 Å². The van der Waals surface area contributed by atoms with Crippen LogP contribution >= 0.6 is 0 Å². The summed E-state index contributed by atoms with van der Waals surface area (Å²) in [6, 6.07) is 6.99. The normalized spacial score (nSPS) is 21.6. The Kier molecular flexibility index (Phi) is 5.97. The standard InChI is InChI=1S/C24H30N4O5S/c29-22-24(26-21(25-22)18-5-2-1-3-6-18)11-14-27(15-12-24)34(32,33)16-10-17-7-4-8-20-19(17)9-13-28(20)23(30)31/h4,7-9,13,18H,1-3,5-6,10-12,14-16H2,(H,30,31)(H,25,26,29). The molecule has 0 radical (unpaired) electrons. The summed E-state index contributed by atoms with van der Waals surface area (Å²) in [5, 5.41) is 13.1. The zero-order valence-electron chi connectivity index (χ0n) is 19.1. The minimum Gasteiger partial charge on any atom is -0.464 e. The number of benzene rings is 1. The molecule has 1 saturated carbocycles. The number of carbonyl (C=O) groups is 2. The number of nitrogens with zero attached hydrogens (tertiary/aromatic N) is 3. The number of hydrogen-bond donors (Lipinski definition) is 2. The van der Waals surface area contributed by atoms with Gasteiger partial charge in [-0.3, -0.25) is 14.4 Å². The summed E-state index contributed by atoms with van der Waals surface area (Å²) < 4.78 is 28.8. The van der Waals surface area contributed by atoms with Gasteiger partial charge < -0.3 is 10.4 Å². The second-order valence-corrected chi connectivity index (χ2v) is 11.7. The summed E-state index contributed by atoms with van der Waals surface area (Å²) in [6.07, 6.45) is 7.13. The van der Waals surface area contributed by atoms with Crippen LogP contribution in [0.2, 0.25) is 0 Å². The van der Waals surface area contributed by atoms with E-state index in [1.807, 2.05) is 6.07 Å². The predicted octanol–water partition coefficient (Wildman–Crippen LogP) is 2.98. The van der Waals surface area contributed by atoms with Crippen molar-refractivity contribution in [3.63, 3.8) is 0 Å². The Labute approximate surface area is 198 Å². The SMILES string of the molecule is O=C(O)n1ccc2c(CCS(=O)(=O)N3CCC4(CC3)N=C(C3CCCCC3)NC4=O)cccc21. The van der Waals surface area contributed by atoms with Gasteiger partial charge in [0.05, 0.1) is 11.3 Å². The Hall–Kier alpha value is -2.72. The monoisotopic (exact) mass is 486 g/mol. The van der Waals surface area contributed by atoms with Crippen molar-refractivity contribution in [1.82, 2.24) is 14.2 Å². The molecule has 1 saturated heterocycles. The second kappa shape index (κ2) is 8.81. The van der Waals surface area contributed by atoms with Crippen LogP contribution in [-0.2, 0) is 21.2 Å². The average molecular weight is 487 g/mol. The number of piperidine rings is 1. The van der Waals surface area contributed by atoms with Crippen molar-refractivity contribution < 1.29 is 23.1 Å². The summed E-state index contributed by atoms with van der Waals surface area (Å²) in [7, 11) is -3.53. The van der Waals surface area contributed by atoms with E-state index in [0.29, 0.717) is 24.3 Å². The number of fused-ring (bicyclic) bond motifs is 1. The zero-order valence-corrected chi connectivity index (χ0v) is 19.9. The average Bonchev–Trinajstić information content (AvgIpc) is 3.41. The van der Waals surface area contributed by atoms with E-state index in [1.165, 1.54) is 16.9 Å². The molecule has 1 spiro atoms. The molecule has 3 aliphatic rings. The number of aliphatic imine (C=N–C) groups is 1. The summed E-state index contributed by atoms with van der Waals surface area (Å²) in [5.41, 5.74) is 0.511. The third-order valence-corrected chi connectivity index (χ3v) is 9.46. The summed E-state index contributed by atoms with van der Waals surface area (Å²) in [5.74, 6) is 0.972. The Morgan fingerprint density at radius 2 is 1.88 bits per heavy atom. The Morgan fingerprint density at radius 1 is 1.15 bits per heavy atom. The first kappa shape index (κ1) is 23.0. The fourth-order valence-electron chi connectivity index (χ4n) is 5.57. The first-order valence-corrected chi connectivity index (χ1v) is 13.6. The highest BCUT2D eigenvalue weighted by atomic mass is 32.2. The van der Waals surface area contributed by atoms with Crippen molar-refractivity contribution >= 4 is 38.8 Å². The van der Waals surface area contributed by atoms with Crippen LogP contribution in [0.15, 0.2) is 35.5 Å². The first-order valence-electron chi connectivity index (χ1n) is 12.0. The van der Waals surface area contributed by atoms with Crippen molar-refractivity contribution in [2.24, 2.45) is 10.9 Å². The van der Waals surface area contributed by atoms with E-state index in [2.05, 4.69) is 5.32 Å². The molecule has 5 rings (SSSR count). The molecule has 2 fully saturated rings. The van der Waals surface area contributed by atoms with Gasteiger partial charge in [0, 0.05) is 30.6 Å². The van der Waals surface area contributed by atoms with E-state index in [0.717, 1.165) is 47.0 Å². The molecule has 0 bridgehead atoms. The number of carboxylic acid groups (broad SMARTS) is 1. The molecule has 0 atom stereocenters. The van der Waals surface area contributed by atoms with Crippen molar-refractivity contribution in [2.75, 3.05) is 18.8 Å². The summed E-state index contributed by atoms with van der Waals surface area (Å²) in [4.78, 5) is 29.0. The van der Waals surface area contributed by atoms with E-state index in [9.17, 15) is 23.1 Å². The van der Waals surface area contributed by atoms with E-state index < -0.39 is 21.7 Å². The highest BCUT2D eigenvalue weighted by Gasteiger charge is 2.48. The maximum absolute atomic E-state index is 13.1. The molecular weight excluding hydrogens is 456 g/mol. The molecule has 0 unspecified atom stereocenters. The summed E-state index contributed by atoms with van der Waals surface area (Å²) in [6.45, 7) is 0.549. The molecule has 1 aromatic carbocycles. The molecule has 1 amide bonds. The molecule has 2 N–H and O–H groups in total. The minimum absolute atomic E-state index is 0.0693. The molecule has 1 aliphatic carbocycles. The Bertz CT molecular complexity index is 1250. The van der Waals surface area contributed by atoms with Gasteiger partial charge in [0.15, 0.2) is 0 Å². The fraction of sp³-hybridized carbons (Fsp3) is 0.542. The number of rotatable bonds is 5. The van der Waals surface area contributed by atoms with Gasteiger partial charge in [-0.2, -0.15) is 0 Å². The molecule has 2 aliphatic heterocycles. The van der Waals surface area contributed by atoms with Crippen LogP contribution < -0.4 is 5.32 Å². The molecule has 2 aromatic rings. The number of carbonyl (C=O) groups excluding carboxylic acids is 1. The van der Waals surface area contributed by atoms with Crippen molar-refractivity contribution in [1.29, 1.82) is 0 Å². The number of sulfonamides is 1. The smallest absolute Gasteiger partial charge is 0.415 e. The molecule has 9 nitrogen and oxygen atoms in total. The third kappa shape index (κ3) is 4.13. The lowest BCUT2D eigenvalue weighted by Crippen LogP contribution is -2.51. The highest BCUT2D eigenvalue weighted by Crippen LogP contribution is 2.35. The van der Waals surface area contributed by atoms with Gasteiger partial charge in [-0.1, -0.05) is 31.4 Å². The molecule has 182 valence electrons. The number of aryl methyl sites for hydroxylation is 1. The molecule has 34 heavy (non-hydrogen) atoms. The maximum Gasteiger partial charge on any atom is 0.415 e. The number of aromatic nitrogens is 1. The number of amides is 1. The van der Waals surface area contributed by atoms with Gasteiger partial charge in [0.1, 0.15) is 11.4 Å². The first-order chi connectivity index (χ1) is 16.3. The van der Waals surface area contributed by atoms with Gasteiger partial charge in [0.2, 0.25) is 10.0 Å². The van der Waals surface area contributed by atoms with Gasteiger partial charge in [-0.05, 0) is 49.8 Å². The number of amidine groups is 1. The molecule has 1 aromatic heterocycles. The van der Waals surface area contributed by atoms with E-state index in [-0.39, 0.29) is 31.2 Å². The van der Waals surface area contributed by atoms with E-state index >= 15 is 0 Å². The van der Waals surface area contributed by atoms with Crippen LogP contribution in [0.3, 0.4) is 0 Å². The van der Waals surface area contributed by atoms with E-state index in [1.54, 1.807) is 18.2 Å². The zero-order chi connectivity index (χ0) is 23.9. The van der Waals surface area contributed by atoms with Crippen LogP contribution in [0.5, 0.6) is 0 Å². The molecule has 10 heteroatoms. The lowest BCUT2D eigenvalue weighted by Gasteiger charge is -2.34.